The van der Waals surface area contributed by atoms with Crippen LogP contribution in [0, 0.1) is 6.92 Å². The van der Waals surface area contributed by atoms with Gasteiger partial charge in [0.15, 0.2) is 0 Å². The third kappa shape index (κ3) is 6.81. The topological polar surface area (TPSA) is 96.0 Å². The lowest BCUT2D eigenvalue weighted by atomic mass is 10.1. The van der Waals surface area contributed by atoms with E-state index in [4.69, 9.17) is 16.3 Å². The summed E-state index contributed by atoms with van der Waals surface area (Å²) in [5.41, 5.74) is 2.08. The first-order valence-corrected chi connectivity index (χ1v) is 13.4. The van der Waals surface area contributed by atoms with Crippen LogP contribution in [0.5, 0.6) is 5.75 Å². The number of ether oxygens (including phenoxy) is 1. The summed E-state index contributed by atoms with van der Waals surface area (Å²) in [4.78, 5) is 27.6. The Balaban J connectivity index is 2.02. The van der Waals surface area contributed by atoms with Gasteiger partial charge in [-0.1, -0.05) is 47.5 Å². The number of methoxy groups -OCH3 is 1. The third-order valence-electron chi connectivity index (χ3n) is 5.91. The highest BCUT2D eigenvalue weighted by Gasteiger charge is 2.32. The third-order valence-corrected chi connectivity index (χ3v) is 7.93. The molecular weight excluding hydrogens is 514 g/mol. The molecule has 0 heterocycles. The molecule has 0 radical (unpaired) electrons. The van der Waals surface area contributed by atoms with Crippen molar-refractivity contribution in [3.05, 3.63) is 88.9 Å². The molecule has 196 valence electrons. The molecule has 0 aliphatic carbocycles. The molecule has 0 aliphatic rings. The van der Waals surface area contributed by atoms with E-state index in [-0.39, 0.29) is 23.0 Å². The van der Waals surface area contributed by atoms with Crippen LogP contribution in [0.3, 0.4) is 0 Å². The molecule has 3 aromatic carbocycles. The lowest BCUT2D eigenvalue weighted by molar-refractivity contribution is -0.139. The number of anilines is 1. The highest BCUT2D eigenvalue weighted by Crippen LogP contribution is 2.27. The molecule has 0 fully saturated rings. The van der Waals surface area contributed by atoms with Crippen molar-refractivity contribution >= 4 is 39.1 Å². The number of nitrogens with zero attached hydrogens (tertiary/aromatic N) is 2. The fraction of sp³-hybridized carbons (Fsp3) is 0.259. The second-order valence-electron chi connectivity index (χ2n) is 8.46. The van der Waals surface area contributed by atoms with Crippen molar-refractivity contribution in [3.8, 4) is 5.75 Å². The van der Waals surface area contributed by atoms with Crippen molar-refractivity contribution in [1.82, 2.24) is 10.2 Å². The molecule has 1 N–H and O–H groups in total. The van der Waals surface area contributed by atoms with E-state index in [2.05, 4.69) is 5.32 Å². The van der Waals surface area contributed by atoms with Gasteiger partial charge < -0.3 is 15.0 Å². The summed E-state index contributed by atoms with van der Waals surface area (Å²) in [6.07, 6.45) is 0. The highest BCUT2D eigenvalue weighted by atomic mass is 35.5. The molecule has 8 nitrogen and oxygen atoms in total. The van der Waals surface area contributed by atoms with E-state index in [9.17, 15) is 18.0 Å². The molecular formula is C27H30ClN3O5S. The fourth-order valence-electron chi connectivity index (χ4n) is 3.72. The molecule has 2 amide bonds. The Morgan fingerprint density at radius 3 is 2.24 bits per heavy atom. The molecule has 0 unspecified atom stereocenters. The Morgan fingerprint density at radius 2 is 1.68 bits per heavy atom. The largest absolute Gasteiger partial charge is 0.497 e. The monoisotopic (exact) mass is 543 g/mol. The molecule has 0 aliphatic heterocycles. The quantitative estimate of drug-likeness (QED) is 0.417. The Morgan fingerprint density at radius 1 is 1.03 bits per heavy atom. The van der Waals surface area contributed by atoms with E-state index in [1.165, 1.54) is 49.4 Å². The van der Waals surface area contributed by atoms with E-state index in [0.29, 0.717) is 10.8 Å². The number of hydrogen-bond acceptors (Lipinski definition) is 5. The number of likely N-dealkylation sites (N-methyl/N-ethyl adjacent to an activating group) is 1. The van der Waals surface area contributed by atoms with Gasteiger partial charge in [-0.2, -0.15) is 0 Å². The number of rotatable bonds is 10. The predicted molar refractivity (Wildman–Crippen MR) is 144 cm³/mol. The normalized spacial score (nSPS) is 11.9. The van der Waals surface area contributed by atoms with Gasteiger partial charge in [0.25, 0.3) is 10.0 Å². The van der Waals surface area contributed by atoms with Crippen LogP contribution in [0.25, 0.3) is 0 Å². The van der Waals surface area contributed by atoms with Gasteiger partial charge in [-0.15, -0.1) is 0 Å². The number of nitrogens with one attached hydrogen (secondary N) is 1. The van der Waals surface area contributed by atoms with Crippen molar-refractivity contribution < 1.29 is 22.7 Å². The van der Waals surface area contributed by atoms with E-state index < -0.39 is 28.5 Å². The minimum absolute atomic E-state index is 0.0227. The number of aryl methyl sites for hydroxylation is 1. The van der Waals surface area contributed by atoms with Crippen LogP contribution < -0.4 is 14.4 Å². The second-order valence-corrected chi connectivity index (χ2v) is 10.8. The molecule has 3 aromatic rings. The molecule has 0 aromatic heterocycles. The summed E-state index contributed by atoms with van der Waals surface area (Å²) < 4.78 is 33.6. The predicted octanol–water partition coefficient (Wildman–Crippen LogP) is 4.02. The maximum absolute atomic E-state index is 13.7. The van der Waals surface area contributed by atoms with Crippen LogP contribution in [0.15, 0.2) is 77.7 Å². The van der Waals surface area contributed by atoms with Gasteiger partial charge in [0.1, 0.15) is 18.3 Å². The molecule has 0 saturated carbocycles. The molecule has 3 rings (SSSR count). The number of carbonyl (C=O) groups is 2. The van der Waals surface area contributed by atoms with Crippen LogP contribution in [0.4, 0.5) is 5.69 Å². The number of benzene rings is 3. The average molecular weight is 544 g/mol. The lowest BCUT2D eigenvalue weighted by Gasteiger charge is -2.31. The smallest absolute Gasteiger partial charge is 0.264 e. The first kappa shape index (κ1) is 28.0. The average Bonchev–Trinajstić information content (AvgIpc) is 2.90. The zero-order valence-electron chi connectivity index (χ0n) is 21.1. The summed E-state index contributed by atoms with van der Waals surface area (Å²) in [5, 5.41) is 2.88. The summed E-state index contributed by atoms with van der Waals surface area (Å²) >= 11 is 6.17. The van der Waals surface area contributed by atoms with E-state index >= 15 is 0 Å². The number of amides is 2. The molecule has 10 heteroatoms. The van der Waals surface area contributed by atoms with Crippen molar-refractivity contribution in [2.75, 3.05) is 25.0 Å². The Bertz CT molecular complexity index is 1350. The standard InChI is InChI=1S/C27H30ClN3O5S/c1-19-8-10-21(11-9-19)17-30(20(2)27(33)29-3)26(32)18-31(23-7-5-6-22(28)16-23)37(34,35)25-14-12-24(36-4)13-15-25/h5-16,20H,17-18H2,1-4H3,(H,29,33)/t20-/m0/s1. The summed E-state index contributed by atoms with van der Waals surface area (Å²) in [7, 11) is -1.21. The first-order valence-electron chi connectivity index (χ1n) is 11.6. The van der Waals surface area contributed by atoms with E-state index in [1.807, 2.05) is 31.2 Å². The van der Waals surface area contributed by atoms with Crippen molar-refractivity contribution in [3.63, 3.8) is 0 Å². The molecule has 0 bridgehead atoms. The van der Waals surface area contributed by atoms with Crippen LogP contribution in [0.2, 0.25) is 5.02 Å². The summed E-state index contributed by atoms with van der Waals surface area (Å²) in [5.74, 6) is -0.422. The SMILES string of the molecule is CNC(=O)[C@H](C)N(Cc1ccc(C)cc1)C(=O)CN(c1cccc(Cl)c1)S(=O)(=O)c1ccc(OC)cc1. The van der Waals surface area contributed by atoms with Crippen LogP contribution in [-0.2, 0) is 26.2 Å². The van der Waals surface area contributed by atoms with Crippen LogP contribution >= 0.6 is 11.6 Å². The number of sulfonamides is 1. The van der Waals surface area contributed by atoms with Crippen molar-refractivity contribution in [2.24, 2.45) is 0 Å². The molecule has 0 saturated heterocycles. The molecule has 37 heavy (non-hydrogen) atoms. The van der Waals surface area contributed by atoms with Gasteiger partial charge in [0.2, 0.25) is 11.8 Å². The van der Waals surface area contributed by atoms with Gasteiger partial charge in [0, 0.05) is 18.6 Å². The van der Waals surface area contributed by atoms with Gasteiger partial charge >= 0.3 is 0 Å². The Hall–Kier alpha value is -3.56. The van der Waals surface area contributed by atoms with Gasteiger partial charge in [0.05, 0.1) is 17.7 Å². The summed E-state index contributed by atoms with van der Waals surface area (Å²) in [6.45, 7) is 3.14. The zero-order chi connectivity index (χ0) is 27.2. The Kier molecular flexibility index (Phi) is 9.18. The highest BCUT2D eigenvalue weighted by molar-refractivity contribution is 7.92. The van der Waals surface area contributed by atoms with Crippen LogP contribution in [-0.4, -0.2) is 51.9 Å². The maximum Gasteiger partial charge on any atom is 0.264 e. The molecule has 1 atom stereocenters. The van der Waals surface area contributed by atoms with Gasteiger partial charge in [-0.25, -0.2) is 8.42 Å². The molecule has 0 spiro atoms. The Labute approximate surface area is 222 Å². The van der Waals surface area contributed by atoms with Gasteiger partial charge in [-0.05, 0) is 61.9 Å². The minimum Gasteiger partial charge on any atom is -0.497 e. The minimum atomic E-state index is -4.18. The van der Waals surface area contributed by atoms with E-state index in [1.54, 1.807) is 25.1 Å². The van der Waals surface area contributed by atoms with Crippen LogP contribution in [0.1, 0.15) is 18.1 Å². The maximum atomic E-state index is 13.7. The first-order chi connectivity index (χ1) is 17.6. The zero-order valence-corrected chi connectivity index (χ0v) is 22.7. The number of hydrogen-bond donors (Lipinski definition) is 1. The number of carbonyl (C=O) groups excluding carboxylic acids is 2. The van der Waals surface area contributed by atoms with Crippen molar-refractivity contribution in [1.29, 1.82) is 0 Å². The lowest BCUT2D eigenvalue weighted by Crippen LogP contribution is -2.50. The fourth-order valence-corrected chi connectivity index (χ4v) is 5.31. The second kappa shape index (κ2) is 12.1. The summed E-state index contributed by atoms with van der Waals surface area (Å²) in [6, 6.07) is 18.9. The van der Waals surface area contributed by atoms with Crippen molar-refractivity contribution in [2.45, 2.75) is 31.3 Å². The van der Waals surface area contributed by atoms with E-state index in [0.717, 1.165) is 15.4 Å². The van der Waals surface area contributed by atoms with Gasteiger partial charge in [-0.3, -0.25) is 13.9 Å². The number of halogens is 1.